The molecule has 60 valence electrons. The predicted molar refractivity (Wildman–Crippen MR) is 46.1 cm³/mol. The van der Waals surface area contributed by atoms with E-state index in [1.807, 2.05) is 13.8 Å². The standard InChI is InChI=1S/C8H10ClNO/c1-3-10-5-7(9)6(2)4-8(10)11/h4-5H,3H2,1-2H3. The highest BCUT2D eigenvalue weighted by Gasteiger charge is 1.98. The molecule has 0 radical (unpaired) electrons. The highest BCUT2D eigenvalue weighted by molar-refractivity contribution is 6.31. The molecule has 0 aliphatic rings. The summed E-state index contributed by atoms with van der Waals surface area (Å²) in [5.41, 5.74) is 0.843. The molecule has 0 aliphatic heterocycles. The van der Waals surface area contributed by atoms with Crippen molar-refractivity contribution in [3.63, 3.8) is 0 Å². The quantitative estimate of drug-likeness (QED) is 0.632. The van der Waals surface area contributed by atoms with E-state index in [1.54, 1.807) is 16.8 Å². The van der Waals surface area contributed by atoms with Crippen molar-refractivity contribution in [1.29, 1.82) is 0 Å². The van der Waals surface area contributed by atoms with E-state index < -0.39 is 0 Å². The van der Waals surface area contributed by atoms with E-state index in [9.17, 15) is 4.79 Å². The average molecular weight is 172 g/mol. The van der Waals surface area contributed by atoms with Gasteiger partial charge in [-0.15, -0.1) is 0 Å². The summed E-state index contributed by atoms with van der Waals surface area (Å²) < 4.78 is 1.58. The van der Waals surface area contributed by atoms with Gasteiger partial charge in [0.05, 0.1) is 5.02 Å². The molecule has 1 rings (SSSR count). The van der Waals surface area contributed by atoms with Gasteiger partial charge in [-0.3, -0.25) is 4.79 Å². The van der Waals surface area contributed by atoms with Gasteiger partial charge >= 0.3 is 0 Å². The molecule has 0 fully saturated rings. The van der Waals surface area contributed by atoms with Crippen molar-refractivity contribution in [2.75, 3.05) is 0 Å². The van der Waals surface area contributed by atoms with E-state index >= 15 is 0 Å². The second-order valence-electron chi connectivity index (χ2n) is 2.43. The maximum Gasteiger partial charge on any atom is 0.250 e. The summed E-state index contributed by atoms with van der Waals surface area (Å²) in [6.07, 6.45) is 1.67. The second kappa shape index (κ2) is 3.09. The lowest BCUT2D eigenvalue weighted by molar-refractivity contribution is 0.725. The Morgan fingerprint density at radius 1 is 1.64 bits per heavy atom. The van der Waals surface area contributed by atoms with Crippen LogP contribution in [0.1, 0.15) is 12.5 Å². The molecule has 11 heavy (non-hydrogen) atoms. The van der Waals surface area contributed by atoms with Crippen molar-refractivity contribution < 1.29 is 0 Å². The highest BCUT2D eigenvalue weighted by atomic mass is 35.5. The van der Waals surface area contributed by atoms with Crippen molar-refractivity contribution in [3.05, 3.63) is 33.2 Å². The Morgan fingerprint density at radius 3 is 2.82 bits per heavy atom. The number of rotatable bonds is 1. The van der Waals surface area contributed by atoms with Crippen LogP contribution in [0.2, 0.25) is 5.02 Å². The largest absolute Gasteiger partial charge is 0.314 e. The number of aryl methyl sites for hydroxylation is 2. The maximum absolute atomic E-state index is 11.1. The normalized spacial score (nSPS) is 10.1. The summed E-state index contributed by atoms with van der Waals surface area (Å²) in [6, 6.07) is 1.55. The Bertz CT molecular complexity index is 316. The molecule has 0 bridgehead atoms. The summed E-state index contributed by atoms with van der Waals surface area (Å²) in [7, 11) is 0. The molecule has 1 heterocycles. The molecule has 0 aliphatic carbocycles. The second-order valence-corrected chi connectivity index (χ2v) is 2.84. The topological polar surface area (TPSA) is 22.0 Å². The van der Waals surface area contributed by atoms with Crippen molar-refractivity contribution in [2.24, 2.45) is 0 Å². The fourth-order valence-corrected chi connectivity index (χ4v) is 1.06. The minimum Gasteiger partial charge on any atom is -0.314 e. The third-order valence-electron chi connectivity index (χ3n) is 1.61. The molecule has 0 spiro atoms. The molecule has 0 atom stereocenters. The first-order chi connectivity index (χ1) is 5.15. The Morgan fingerprint density at radius 2 is 2.27 bits per heavy atom. The molecule has 2 nitrogen and oxygen atoms in total. The summed E-state index contributed by atoms with van der Waals surface area (Å²) in [5, 5.41) is 0.645. The Balaban J connectivity index is 3.32. The van der Waals surface area contributed by atoms with Crippen molar-refractivity contribution in [2.45, 2.75) is 20.4 Å². The molecule has 0 saturated heterocycles. The van der Waals surface area contributed by atoms with Crippen molar-refractivity contribution in [1.82, 2.24) is 4.57 Å². The van der Waals surface area contributed by atoms with Crippen LogP contribution < -0.4 is 5.56 Å². The zero-order valence-electron chi connectivity index (χ0n) is 6.60. The van der Waals surface area contributed by atoms with Crippen molar-refractivity contribution in [3.8, 4) is 0 Å². The smallest absolute Gasteiger partial charge is 0.250 e. The van der Waals surface area contributed by atoms with Crippen LogP contribution in [0.5, 0.6) is 0 Å². The molecule has 0 saturated carbocycles. The third-order valence-corrected chi connectivity index (χ3v) is 2.01. The lowest BCUT2D eigenvalue weighted by Crippen LogP contribution is -2.17. The van der Waals surface area contributed by atoms with E-state index in [0.29, 0.717) is 11.6 Å². The fraction of sp³-hybridized carbons (Fsp3) is 0.375. The van der Waals surface area contributed by atoms with Gasteiger partial charge in [-0.25, -0.2) is 0 Å². The number of hydrogen-bond donors (Lipinski definition) is 0. The van der Waals surface area contributed by atoms with Gasteiger partial charge in [-0.2, -0.15) is 0 Å². The van der Waals surface area contributed by atoms with E-state index in [1.165, 1.54) is 0 Å². The van der Waals surface area contributed by atoms with Gasteiger partial charge < -0.3 is 4.57 Å². The van der Waals surface area contributed by atoms with Gasteiger partial charge in [-0.05, 0) is 19.4 Å². The first-order valence-electron chi connectivity index (χ1n) is 3.51. The molecule has 0 amide bonds. The van der Waals surface area contributed by atoms with E-state index in [0.717, 1.165) is 5.56 Å². The van der Waals surface area contributed by atoms with Crippen LogP contribution in [0.25, 0.3) is 0 Å². The number of pyridine rings is 1. The number of halogens is 1. The van der Waals surface area contributed by atoms with Crippen molar-refractivity contribution >= 4 is 11.6 Å². The first kappa shape index (κ1) is 8.34. The number of hydrogen-bond acceptors (Lipinski definition) is 1. The van der Waals surface area contributed by atoms with Crippen LogP contribution in [-0.2, 0) is 6.54 Å². The van der Waals surface area contributed by atoms with Crippen LogP contribution in [0, 0.1) is 6.92 Å². The highest BCUT2D eigenvalue weighted by Crippen LogP contribution is 2.10. The lowest BCUT2D eigenvalue weighted by atomic mass is 10.3. The van der Waals surface area contributed by atoms with Gasteiger partial charge in [-0.1, -0.05) is 11.6 Å². The summed E-state index contributed by atoms with van der Waals surface area (Å²) in [6.45, 7) is 4.40. The SMILES string of the molecule is CCn1cc(Cl)c(C)cc1=O. The van der Waals surface area contributed by atoms with Crippen LogP contribution in [-0.4, -0.2) is 4.57 Å². The van der Waals surface area contributed by atoms with E-state index in [-0.39, 0.29) is 5.56 Å². The van der Waals surface area contributed by atoms with Gasteiger partial charge in [0, 0.05) is 18.8 Å². The van der Waals surface area contributed by atoms with E-state index in [2.05, 4.69) is 0 Å². The zero-order chi connectivity index (χ0) is 8.43. The van der Waals surface area contributed by atoms with Gasteiger partial charge in [0.2, 0.25) is 0 Å². The number of nitrogens with zero attached hydrogens (tertiary/aromatic N) is 1. The molecule has 1 aromatic rings. The number of aromatic nitrogens is 1. The Hall–Kier alpha value is -0.760. The van der Waals surface area contributed by atoms with Crippen LogP contribution in [0.3, 0.4) is 0 Å². The van der Waals surface area contributed by atoms with Gasteiger partial charge in [0.25, 0.3) is 5.56 Å². The van der Waals surface area contributed by atoms with Crippen LogP contribution in [0.4, 0.5) is 0 Å². The Kier molecular flexibility index (Phi) is 2.35. The monoisotopic (exact) mass is 171 g/mol. The first-order valence-corrected chi connectivity index (χ1v) is 3.89. The Labute approximate surface area is 70.4 Å². The fourth-order valence-electron chi connectivity index (χ4n) is 0.886. The van der Waals surface area contributed by atoms with Gasteiger partial charge in [0.15, 0.2) is 0 Å². The van der Waals surface area contributed by atoms with Crippen LogP contribution >= 0.6 is 11.6 Å². The molecular formula is C8H10ClNO. The molecule has 1 aromatic heterocycles. The summed E-state index contributed by atoms with van der Waals surface area (Å²) in [5.74, 6) is 0. The molecule has 3 heteroatoms. The minimum atomic E-state index is 0.00870. The third kappa shape index (κ3) is 1.63. The molecule has 0 unspecified atom stereocenters. The van der Waals surface area contributed by atoms with Crippen LogP contribution in [0.15, 0.2) is 17.1 Å². The zero-order valence-corrected chi connectivity index (χ0v) is 7.35. The lowest BCUT2D eigenvalue weighted by Gasteiger charge is -2.02. The summed E-state index contributed by atoms with van der Waals surface area (Å²) >= 11 is 5.80. The molecular weight excluding hydrogens is 162 g/mol. The van der Waals surface area contributed by atoms with Gasteiger partial charge in [0.1, 0.15) is 0 Å². The average Bonchev–Trinajstić information content (AvgIpc) is 1.97. The predicted octanol–water partition coefficient (Wildman–Crippen LogP) is 1.83. The van der Waals surface area contributed by atoms with E-state index in [4.69, 9.17) is 11.6 Å². The molecule has 0 aromatic carbocycles. The molecule has 0 N–H and O–H groups in total. The minimum absolute atomic E-state index is 0.00870. The summed E-state index contributed by atoms with van der Waals surface area (Å²) in [4.78, 5) is 11.1. The maximum atomic E-state index is 11.1.